The van der Waals surface area contributed by atoms with Gasteiger partial charge in [-0.05, 0) is 30.1 Å². The first-order valence-corrected chi connectivity index (χ1v) is 12.0. The van der Waals surface area contributed by atoms with Crippen LogP contribution in [0.3, 0.4) is 0 Å². The summed E-state index contributed by atoms with van der Waals surface area (Å²) in [6.07, 6.45) is 9.03. The van der Waals surface area contributed by atoms with Crippen molar-refractivity contribution in [2.24, 2.45) is 0 Å². The summed E-state index contributed by atoms with van der Waals surface area (Å²) in [6.45, 7) is 7.85. The Kier molecular flexibility index (Phi) is 10.5. The molecule has 0 saturated heterocycles. The van der Waals surface area contributed by atoms with E-state index in [9.17, 15) is 0 Å². The Balaban J connectivity index is 2.59. The lowest BCUT2D eigenvalue weighted by atomic mass is 10.2. The number of hydrogen-bond acceptors (Lipinski definition) is 1. The SMILES string of the molecule is CCCC[Si](CCCC)(CCCC)OCCc1ccccc1. The van der Waals surface area contributed by atoms with Gasteiger partial charge in [0.05, 0.1) is 0 Å². The largest absolute Gasteiger partial charge is 0.416 e. The van der Waals surface area contributed by atoms with Crippen molar-refractivity contribution in [2.75, 3.05) is 6.61 Å². The molecule has 1 nitrogen and oxygen atoms in total. The Bertz CT molecular complexity index is 341. The van der Waals surface area contributed by atoms with Crippen molar-refractivity contribution in [1.82, 2.24) is 0 Å². The molecule has 0 spiro atoms. The molecule has 0 aliphatic heterocycles. The second-order valence-electron chi connectivity index (χ2n) is 6.58. The van der Waals surface area contributed by atoms with E-state index in [0.29, 0.717) is 0 Å². The van der Waals surface area contributed by atoms with Gasteiger partial charge in [-0.25, -0.2) is 0 Å². The quantitative estimate of drug-likeness (QED) is 0.372. The van der Waals surface area contributed by atoms with Crippen LogP contribution in [0.2, 0.25) is 18.1 Å². The molecule has 0 N–H and O–H groups in total. The van der Waals surface area contributed by atoms with Crippen LogP contribution in [0, 0.1) is 0 Å². The maximum absolute atomic E-state index is 6.68. The lowest BCUT2D eigenvalue weighted by Gasteiger charge is -2.32. The van der Waals surface area contributed by atoms with Crippen molar-refractivity contribution >= 4 is 8.32 Å². The van der Waals surface area contributed by atoms with Crippen molar-refractivity contribution in [3.8, 4) is 0 Å². The summed E-state index contributed by atoms with van der Waals surface area (Å²) in [6, 6.07) is 14.9. The zero-order valence-electron chi connectivity index (χ0n) is 15.1. The topological polar surface area (TPSA) is 9.23 Å². The minimum atomic E-state index is -1.51. The molecule has 0 aliphatic carbocycles. The van der Waals surface area contributed by atoms with E-state index in [2.05, 4.69) is 51.1 Å². The Morgan fingerprint density at radius 3 is 1.73 bits per heavy atom. The third-order valence-electron chi connectivity index (χ3n) is 4.60. The highest BCUT2D eigenvalue weighted by Crippen LogP contribution is 2.29. The Hall–Kier alpha value is -0.603. The molecule has 1 aromatic rings. The predicted octanol–water partition coefficient (Wildman–Crippen LogP) is 6.59. The number of rotatable bonds is 13. The Labute approximate surface area is 139 Å². The molecule has 0 aliphatic rings. The molecule has 1 rings (SSSR count). The zero-order chi connectivity index (χ0) is 16.1. The molecule has 1 aromatic carbocycles. The monoisotopic (exact) mass is 320 g/mol. The van der Waals surface area contributed by atoms with Crippen LogP contribution in [0.15, 0.2) is 30.3 Å². The van der Waals surface area contributed by atoms with E-state index in [4.69, 9.17) is 4.43 Å². The van der Waals surface area contributed by atoms with Gasteiger partial charge in [0.15, 0.2) is 8.32 Å². The molecule has 0 atom stereocenters. The van der Waals surface area contributed by atoms with Gasteiger partial charge in [0.1, 0.15) is 0 Å². The maximum Gasteiger partial charge on any atom is 0.192 e. The van der Waals surface area contributed by atoms with Gasteiger partial charge in [0, 0.05) is 6.61 Å². The average Bonchev–Trinajstić information content (AvgIpc) is 2.57. The molecular formula is C20H36OSi. The van der Waals surface area contributed by atoms with E-state index in [0.717, 1.165) is 13.0 Å². The number of hydrogen-bond donors (Lipinski definition) is 0. The first-order chi connectivity index (χ1) is 10.8. The van der Waals surface area contributed by atoms with Crippen LogP contribution in [0.1, 0.15) is 64.9 Å². The summed E-state index contributed by atoms with van der Waals surface area (Å²) in [4.78, 5) is 0. The van der Waals surface area contributed by atoms with Crippen LogP contribution in [0.4, 0.5) is 0 Å². The molecule has 0 amide bonds. The molecule has 0 heterocycles. The van der Waals surface area contributed by atoms with Crippen molar-refractivity contribution in [3.63, 3.8) is 0 Å². The highest BCUT2D eigenvalue weighted by molar-refractivity contribution is 6.73. The van der Waals surface area contributed by atoms with Crippen LogP contribution >= 0.6 is 0 Å². The summed E-state index contributed by atoms with van der Waals surface area (Å²) in [5, 5.41) is 0. The maximum atomic E-state index is 6.68. The second-order valence-corrected chi connectivity index (χ2v) is 10.7. The Morgan fingerprint density at radius 1 is 0.773 bits per heavy atom. The highest BCUT2D eigenvalue weighted by Gasteiger charge is 2.32. The van der Waals surface area contributed by atoms with E-state index in [-0.39, 0.29) is 0 Å². The second kappa shape index (κ2) is 11.9. The van der Waals surface area contributed by atoms with Gasteiger partial charge in [0.2, 0.25) is 0 Å². The fourth-order valence-corrected chi connectivity index (χ4v) is 7.83. The fraction of sp³-hybridized carbons (Fsp3) is 0.700. The molecule has 0 radical (unpaired) electrons. The van der Waals surface area contributed by atoms with E-state index in [1.807, 2.05) is 0 Å². The standard InChI is InChI=1S/C20H36OSi/c1-4-7-17-22(18-8-5-2,19-9-6-3)21-16-15-20-13-11-10-12-14-20/h10-14H,4-9,15-19H2,1-3H3. The Morgan fingerprint density at radius 2 is 1.27 bits per heavy atom. The van der Waals surface area contributed by atoms with Gasteiger partial charge in [-0.1, -0.05) is 89.6 Å². The third kappa shape index (κ3) is 7.60. The smallest absolute Gasteiger partial charge is 0.192 e. The van der Waals surface area contributed by atoms with Crippen molar-refractivity contribution in [1.29, 1.82) is 0 Å². The van der Waals surface area contributed by atoms with Crippen LogP contribution in [-0.4, -0.2) is 14.9 Å². The number of benzene rings is 1. The zero-order valence-corrected chi connectivity index (χ0v) is 16.1. The van der Waals surface area contributed by atoms with Crippen LogP contribution in [-0.2, 0) is 10.8 Å². The molecule has 126 valence electrons. The first-order valence-electron chi connectivity index (χ1n) is 9.44. The van der Waals surface area contributed by atoms with Gasteiger partial charge in [-0.15, -0.1) is 0 Å². The predicted molar refractivity (Wildman–Crippen MR) is 101 cm³/mol. The van der Waals surface area contributed by atoms with Gasteiger partial charge < -0.3 is 4.43 Å². The van der Waals surface area contributed by atoms with E-state index in [1.165, 1.54) is 62.2 Å². The van der Waals surface area contributed by atoms with Gasteiger partial charge in [-0.3, -0.25) is 0 Å². The van der Waals surface area contributed by atoms with Crippen LogP contribution < -0.4 is 0 Å². The van der Waals surface area contributed by atoms with Crippen LogP contribution in [0.25, 0.3) is 0 Å². The van der Waals surface area contributed by atoms with Gasteiger partial charge >= 0.3 is 0 Å². The highest BCUT2D eigenvalue weighted by atomic mass is 28.4. The molecule has 2 heteroatoms. The minimum Gasteiger partial charge on any atom is -0.416 e. The molecule has 0 aromatic heterocycles. The summed E-state index contributed by atoms with van der Waals surface area (Å²) in [5.74, 6) is 0. The molecule has 0 saturated carbocycles. The fourth-order valence-electron chi connectivity index (χ4n) is 3.12. The summed E-state index contributed by atoms with van der Waals surface area (Å²) in [7, 11) is -1.51. The molecule has 0 unspecified atom stereocenters. The molecule has 22 heavy (non-hydrogen) atoms. The molecule has 0 fully saturated rings. The average molecular weight is 321 g/mol. The van der Waals surface area contributed by atoms with Crippen molar-refractivity contribution in [3.05, 3.63) is 35.9 Å². The van der Waals surface area contributed by atoms with E-state index >= 15 is 0 Å². The molecule has 0 bridgehead atoms. The minimum absolute atomic E-state index is 0.924. The molecular weight excluding hydrogens is 284 g/mol. The normalized spacial score (nSPS) is 11.8. The van der Waals surface area contributed by atoms with E-state index < -0.39 is 8.32 Å². The van der Waals surface area contributed by atoms with Gasteiger partial charge in [-0.2, -0.15) is 0 Å². The van der Waals surface area contributed by atoms with E-state index in [1.54, 1.807) is 0 Å². The summed E-state index contributed by atoms with van der Waals surface area (Å²) >= 11 is 0. The van der Waals surface area contributed by atoms with Crippen LogP contribution in [0.5, 0.6) is 0 Å². The van der Waals surface area contributed by atoms with Gasteiger partial charge in [0.25, 0.3) is 0 Å². The number of unbranched alkanes of at least 4 members (excludes halogenated alkanes) is 3. The first kappa shape index (κ1) is 19.4. The third-order valence-corrected chi connectivity index (χ3v) is 9.21. The van der Waals surface area contributed by atoms with Crippen molar-refractivity contribution < 1.29 is 4.43 Å². The summed E-state index contributed by atoms with van der Waals surface area (Å²) in [5.41, 5.74) is 1.41. The lowest BCUT2D eigenvalue weighted by molar-refractivity contribution is 0.297. The lowest BCUT2D eigenvalue weighted by Crippen LogP contribution is -2.38. The summed E-state index contributed by atoms with van der Waals surface area (Å²) < 4.78 is 6.68. The van der Waals surface area contributed by atoms with Crippen molar-refractivity contribution in [2.45, 2.75) is 83.8 Å².